The molecule has 2 atom stereocenters. The predicted molar refractivity (Wildman–Crippen MR) is 43.8 cm³/mol. The third kappa shape index (κ3) is 3.48. The zero-order valence-corrected chi connectivity index (χ0v) is 7.26. The van der Waals surface area contributed by atoms with Crippen LogP contribution in [-0.4, -0.2) is 32.8 Å². The van der Waals surface area contributed by atoms with E-state index in [0.717, 1.165) is 6.42 Å². The van der Waals surface area contributed by atoms with Crippen LogP contribution in [0.5, 0.6) is 0 Å². The van der Waals surface area contributed by atoms with Gasteiger partial charge < -0.3 is 10.8 Å². The Labute approximate surface area is 68.2 Å². The third-order valence-corrected chi connectivity index (χ3v) is 3.05. The number of aliphatic carboxylic acids is 1. The minimum atomic E-state index is -1.31. The maximum Gasteiger partial charge on any atom is 0.320 e. The molecule has 0 bridgehead atoms. The maximum atomic E-state index is 11.1. The number of rotatable bonds is 5. The fraction of sp³-hybridized carbons (Fsp3) is 0.833. The summed E-state index contributed by atoms with van der Waals surface area (Å²) in [6.07, 6.45) is 0.719. The zero-order valence-electron chi connectivity index (χ0n) is 6.45. The first-order valence-corrected chi connectivity index (χ1v) is 4.81. The second kappa shape index (κ2) is 5.26. The van der Waals surface area contributed by atoms with Gasteiger partial charge in [-0.25, -0.2) is 0 Å². The molecule has 5 heteroatoms. The van der Waals surface area contributed by atoms with Gasteiger partial charge in [0, 0.05) is 23.1 Å². The summed E-state index contributed by atoms with van der Waals surface area (Å²) in [7, 11) is -1.31. The van der Waals surface area contributed by atoms with Crippen molar-refractivity contribution >= 4 is 16.8 Å². The third-order valence-electron chi connectivity index (χ3n) is 1.21. The number of carbonyl (C=O) groups is 1. The van der Waals surface area contributed by atoms with Crippen LogP contribution in [0.15, 0.2) is 0 Å². The van der Waals surface area contributed by atoms with Gasteiger partial charge in [-0.3, -0.25) is 9.00 Å². The quantitative estimate of drug-likeness (QED) is 0.599. The first-order valence-electron chi connectivity index (χ1n) is 3.43. The van der Waals surface area contributed by atoms with Crippen LogP contribution < -0.4 is 5.73 Å². The van der Waals surface area contributed by atoms with Crippen LogP contribution in [0.4, 0.5) is 0 Å². The average Bonchev–Trinajstić information content (AvgIpc) is 1.88. The van der Waals surface area contributed by atoms with Crippen molar-refractivity contribution in [3.8, 4) is 0 Å². The van der Waals surface area contributed by atoms with Crippen LogP contribution in [-0.2, 0) is 15.6 Å². The lowest BCUT2D eigenvalue weighted by Crippen LogP contribution is -2.34. The molecule has 0 saturated carbocycles. The van der Waals surface area contributed by atoms with Gasteiger partial charge in [0.05, 0.1) is 0 Å². The van der Waals surface area contributed by atoms with Crippen molar-refractivity contribution in [2.24, 2.45) is 5.73 Å². The highest BCUT2D eigenvalue weighted by Crippen LogP contribution is 1.97. The van der Waals surface area contributed by atoms with E-state index in [9.17, 15) is 9.00 Å². The standard InChI is InChI=1S/C6H13NO3S/c1-2-3-11(10)5(4-7)6(8)9/h5H,2-4,7H2,1H3,(H,8,9). The van der Waals surface area contributed by atoms with Crippen molar-refractivity contribution in [2.75, 3.05) is 12.3 Å². The molecule has 11 heavy (non-hydrogen) atoms. The number of hydrogen-bond donors (Lipinski definition) is 2. The molecule has 0 fully saturated rings. The smallest absolute Gasteiger partial charge is 0.320 e. The molecule has 0 aromatic carbocycles. The van der Waals surface area contributed by atoms with E-state index in [1.54, 1.807) is 0 Å². The number of hydrogen-bond acceptors (Lipinski definition) is 3. The first-order chi connectivity index (χ1) is 5.13. The molecule has 0 radical (unpaired) electrons. The Balaban J connectivity index is 4.03. The van der Waals surface area contributed by atoms with Gasteiger partial charge in [-0.1, -0.05) is 6.92 Å². The average molecular weight is 179 g/mol. The Hall–Kier alpha value is -0.420. The minimum Gasteiger partial charge on any atom is -0.480 e. The van der Waals surface area contributed by atoms with E-state index in [0.29, 0.717) is 5.75 Å². The van der Waals surface area contributed by atoms with E-state index >= 15 is 0 Å². The predicted octanol–water partition coefficient (Wildman–Crippen LogP) is -0.443. The lowest BCUT2D eigenvalue weighted by molar-refractivity contribution is -0.136. The normalized spacial score (nSPS) is 15.8. The summed E-state index contributed by atoms with van der Waals surface area (Å²) in [6, 6.07) is 0. The fourth-order valence-electron chi connectivity index (χ4n) is 0.664. The van der Waals surface area contributed by atoms with Crippen molar-refractivity contribution < 1.29 is 14.1 Å². The molecule has 66 valence electrons. The van der Waals surface area contributed by atoms with Crippen LogP contribution >= 0.6 is 0 Å². The summed E-state index contributed by atoms with van der Waals surface area (Å²) in [6.45, 7) is 1.80. The maximum absolute atomic E-state index is 11.1. The molecule has 0 amide bonds. The molecule has 2 unspecified atom stereocenters. The lowest BCUT2D eigenvalue weighted by Gasteiger charge is -2.07. The summed E-state index contributed by atoms with van der Waals surface area (Å²) in [4.78, 5) is 10.4. The Morgan fingerprint density at radius 2 is 2.27 bits per heavy atom. The highest BCUT2D eigenvalue weighted by molar-refractivity contribution is 7.86. The van der Waals surface area contributed by atoms with Crippen molar-refractivity contribution in [3.63, 3.8) is 0 Å². The van der Waals surface area contributed by atoms with Gasteiger partial charge in [0.1, 0.15) is 5.25 Å². The summed E-state index contributed by atoms with van der Waals surface area (Å²) >= 11 is 0. The molecule has 0 spiro atoms. The molecule has 0 aromatic rings. The summed E-state index contributed by atoms with van der Waals surface area (Å²) in [5.74, 6) is -0.659. The molecule has 0 saturated heterocycles. The summed E-state index contributed by atoms with van der Waals surface area (Å²) in [5, 5.41) is 7.60. The molecule has 0 aromatic heterocycles. The Morgan fingerprint density at radius 3 is 2.55 bits per heavy atom. The van der Waals surface area contributed by atoms with E-state index in [1.807, 2.05) is 6.92 Å². The Bertz CT molecular complexity index is 160. The number of carboxylic acid groups (broad SMARTS) is 1. The zero-order chi connectivity index (χ0) is 8.85. The molecular weight excluding hydrogens is 166 g/mol. The van der Waals surface area contributed by atoms with Gasteiger partial charge in [-0.05, 0) is 6.42 Å². The van der Waals surface area contributed by atoms with Gasteiger partial charge in [0.25, 0.3) is 0 Å². The molecule has 4 nitrogen and oxygen atoms in total. The largest absolute Gasteiger partial charge is 0.480 e. The highest BCUT2D eigenvalue weighted by atomic mass is 32.2. The minimum absolute atomic E-state index is 0.0536. The molecular formula is C6H13NO3S. The van der Waals surface area contributed by atoms with Crippen LogP contribution in [0.25, 0.3) is 0 Å². The van der Waals surface area contributed by atoms with E-state index in [2.05, 4.69) is 0 Å². The van der Waals surface area contributed by atoms with Gasteiger partial charge in [-0.15, -0.1) is 0 Å². The second-order valence-electron chi connectivity index (χ2n) is 2.15. The molecule has 0 rings (SSSR count). The SMILES string of the molecule is CCCS(=O)C(CN)C(=O)O. The van der Waals surface area contributed by atoms with Crippen LogP contribution in [0, 0.1) is 0 Å². The number of nitrogens with two attached hydrogens (primary N) is 1. The van der Waals surface area contributed by atoms with E-state index in [-0.39, 0.29) is 6.54 Å². The highest BCUT2D eigenvalue weighted by Gasteiger charge is 2.21. The monoisotopic (exact) mass is 179 g/mol. The molecule has 0 aliphatic rings. The number of carboxylic acids is 1. The first kappa shape index (κ1) is 10.6. The van der Waals surface area contributed by atoms with E-state index in [4.69, 9.17) is 10.8 Å². The van der Waals surface area contributed by atoms with E-state index in [1.165, 1.54) is 0 Å². The van der Waals surface area contributed by atoms with Gasteiger partial charge >= 0.3 is 5.97 Å². The second-order valence-corrected chi connectivity index (χ2v) is 3.89. The van der Waals surface area contributed by atoms with Crippen molar-refractivity contribution in [1.29, 1.82) is 0 Å². The molecule has 0 aliphatic heterocycles. The van der Waals surface area contributed by atoms with Gasteiger partial charge in [0.15, 0.2) is 0 Å². The van der Waals surface area contributed by atoms with Crippen molar-refractivity contribution in [2.45, 2.75) is 18.6 Å². The van der Waals surface area contributed by atoms with Crippen LogP contribution in [0.1, 0.15) is 13.3 Å². The molecule has 0 heterocycles. The van der Waals surface area contributed by atoms with E-state index < -0.39 is 22.0 Å². The topological polar surface area (TPSA) is 80.4 Å². The molecule has 3 N–H and O–H groups in total. The van der Waals surface area contributed by atoms with Gasteiger partial charge in [-0.2, -0.15) is 0 Å². The van der Waals surface area contributed by atoms with Gasteiger partial charge in [0.2, 0.25) is 0 Å². The molecule has 0 aliphatic carbocycles. The van der Waals surface area contributed by atoms with Crippen molar-refractivity contribution in [1.82, 2.24) is 0 Å². The Morgan fingerprint density at radius 1 is 1.73 bits per heavy atom. The lowest BCUT2D eigenvalue weighted by atomic mass is 10.4. The van der Waals surface area contributed by atoms with Crippen LogP contribution in [0.2, 0.25) is 0 Å². The summed E-state index contributed by atoms with van der Waals surface area (Å²) in [5.41, 5.74) is 5.13. The van der Waals surface area contributed by atoms with Crippen LogP contribution in [0.3, 0.4) is 0 Å². The Kier molecular flexibility index (Phi) is 5.06. The van der Waals surface area contributed by atoms with Crippen molar-refractivity contribution in [3.05, 3.63) is 0 Å². The summed E-state index contributed by atoms with van der Waals surface area (Å²) < 4.78 is 11.1. The fourth-order valence-corrected chi connectivity index (χ4v) is 1.79.